The van der Waals surface area contributed by atoms with Crippen molar-refractivity contribution in [2.75, 3.05) is 5.32 Å². The Morgan fingerprint density at radius 1 is 1.25 bits per heavy atom. The minimum atomic E-state index is -0.689. The molecule has 3 aromatic rings. The van der Waals surface area contributed by atoms with E-state index in [0.717, 1.165) is 23.5 Å². The van der Waals surface area contributed by atoms with E-state index in [2.05, 4.69) is 25.8 Å². The van der Waals surface area contributed by atoms with Crippen molar-refractivity contribution < 1.29 is 13.6 Å². The van der Waals surface area contributed by atoms with Crippen LogP contribution in [0.3, 0.4) is 0 Å². The molecular formula is C22H20ClF2N5O2. The summed E-state index contributed by atoms with van der Waals surface area (Å²) in [7, 11) is 0. The fraction of sp³-hybridized carbons (Fsp3) is 0.273. The first-order chi connectivity index (χ1) is 15.3. The standard InChI is InChI=1S/C22H20ClF2N5O2/c1-11-22-12(6-21(32)29-30-22)5-15(27-11)2-3-20(31)28-19-8-17(23)16(7-18(19)25)13-4-14(24)10-26-9-13/h4,6-11,15,27H,2-3,5H2,1H3,(H,28,31)(H,29,32)/t11-,15?/m0/s1. The van der Waals surface area contributed by atoms with Gasteiger partial charge in [0.2, 0.25) is 5.91 Å². The van der Waals surface area contributed by atoms with Gasteiger partial charge < -0.3 is 10.6 Å². The number of halogens is 3. The molecule has 3 N–H and O–H groups in total. The fourth-order valence-corrected chi connectivity index (χ4v) is 4.15. The quantitative estimate of drug-likeness (QED) is 0.539. The van der Waals surface area contributed by atoms with Crippen LogP contribution in [0.5, 0.6) is 0 Å². The van der Waals surface area contributed by atoms with Crippen LogP contribution in [-0.4, -0.2) is 27.1 Å². The second-order valence-electron chi connectivity index (χ2n) is 7.72. The number of pyridine rings is 1. The van der Waals surface area contributed by atoms with E-state index in [4.69, 9.17) is 11.6 Å². The van der Waals surface area contributed by atoms with E-state index in [1.807, 2.05) is 6.92 Å². The fourth-order valence-electron chi connectivity index (χ4n) is 3.87. The first-order valence-electron chi connectivity index (χ1n) is 10.0. The Labute approximate surface area is 187 Å². The van der Waals surface area contributed by atoms with E-state index in [0.29, 0.717) is 18.4 Å². The van der Waals surface area contributed by atoms with Crippen LogP contribution in [0.25, 0.3) is 11.1 Å². The Balaban J connectivity index is 1.40. The van der Waals surface area contributed by atoms with Crippen molar-refractivity contribution in [3.05, 3.63) is 74.9 Å². The Bertz CT molecular complexity index is 1230. The van der Waals surface area contributed by atoms with E-state index >= 15 is 0 Å². The second-order valence-corrected chi connectivity index (χ2v) is 8.13. The summed E-state index contributed by atoms with van der Waals surface area (Å²) in [6.07, 6.45) is 3.62. The van der Waals surface area contributed by atoms with Gasteiger partial charge in [0, 0.05) is 41.9 Å². The number of anilines is 1. The molecule has 10 heteroatoms. The second kappa shape index (κ2) is 9.13. The molecule has 166 valence electrons. The number of amides is 1. The van der Waals surface area contributed by atoms with Crippen LogP contribution < -0.4 is 16.2 Å². The topological polar surface area (TPSA) is 99.8 Å². The molecule has 32 heavy (non-hydrogen) atoms. The van der Waals surface area contributed by atoms with Gasteiger partial charge in [-0.15, -0.1) is 0 Å². The zero-order valence-electron chi connectivity index (χ0n) is 17.1. The van der Waals surface area contributed by atoms with Crippen molar-refractivity contribution >= 4 is 23.2 Å². The van der Waals surface area contributed by atoms with Crippen LogP contribution in [0, 0.1) is 11.6 Å². The lowest BCUT2D eigenvalue weighted by Gasteiger charge is -2.29. The number of H-pyrrole nitrogens is 1. The van der Waals surface area contributed by atoms with Crippen LogP contribution in [0.15, 0.2) is 41.5 Å². The number of benzene rings is 1. The molecule has 2 atom stereocenters. The molecule has 0 fully saturated rings. The van der Waals surface area contributed by atoms with Gasteiger partial charge in [-0.25, -0.2) is 13.9 Å². The molecular weight excluding hydrogens is 440 g/mol. The lowest BCUT2D eigenvalue weighted by molar-refractivity contribution is -0.116. The molecule has 3 heterocycles. The summed E-state index contributed by atoms with van der Waals surface area (Å²) < 4.78 is 28.0. The van der Waals surface area contributed by atoms with Crippen LogP contribution in [0.1, 0.15) is 37.1 Å². The average Bonchev–Trinajstić information content (AvgIpc) is 2.74. The van der Waals surface area contributed by atoms with Gasteiger partial charge in [-0.1, -0.05) is 11.6 Å². The number of fused-ring (bicyclic) bond motifs is 1. The normalized spacial score (nSPS) is 17.6. The molecule has 0 bridgehead atoms. The van der Waals surface area contributed by atoms with Crippen molar-refractivity contribution in [2.24, 2.45) is 0 Å². The van der Waals surface area contributed by atoms with Gasteiger partial charge in [0.25, 0.3) is 5.56 Å². The third kappa shape index (κ3) is 4.84. The summed E-state index contributed by atoms with van der Waals surface area (Å²) in [5.74, 6) is -1.62. The van der Waals surface area contributed by atoms with Crippen molar-refractivity contribution in [1.29, 1.82) is 0 Å². The SMILES string of the molecule is C[C@@H]1NC(CCC(=O)Nc2cc(Cl)c(-c3cncc(F)c3)cc2F)Cc2cc(=O)[nH]nc21. The predicted octanol–water partition coefficient (Wildman–Crippen LogP) is 3.76. The molecule has 0 saturated heterocycles. The van der Waals surface area contributed by atoms with Gasteiger partial charge >= 0.3 is 0 Å². The van der Waals surface area contributed by atoms with E-state index in [9.17, 15) is 18.4 Å². The highest BCUT2D eigenvalue weighted by Crippen LogP contribution is 2.32. The highest BCUT2D eigenvalue weighted by Gasteiger charge is 2.25. The van der Waals surface area contributed by atoms with Crippen LogP contribution in [0.4, 0.5) is 14.5 Å². The summed E-state index contributed by atoms with van der Waals surface area (Å²) in [6.45, 7) is 1.93. The van der Waals surface area contributed by atoms with Crippen LogP contribution in [-0.2, 0) is 11.2 Å². The maximum absolute atomic E-state index is 14.6. The number of hydrogen-bond acceptors (Lipinski definition) is 5. The molecule has 1 aromatic carbocycles. The molecule has 0 radical (unpaired) electrons. The summed E-state index contributed by atoms with van der Waals surface area (Å²) in [5, 5.41) is 12.6. The Morgan fingerprint density at radius 3 is 2.84 bits per heavy atom. The minimum Gasteiger partial charge on any atom is -0.324 e. The number of aromatic amines is 1. The van der Waals surface area contributed by atoms with Gasteiger partial charge in [0.15, 0.2) is 0 Å². The minimum absolute atomic E-state index is 0.0249. The van der Waals surface area contributed by atoms with E-state index in [1.54, 1.807) is 0 Å². The Morgan fingerprint density at radius 2 is 2.06 bits per heavy atom. The van der Waals surface area contributed by atoms with E-state index in [1.165, 1.54) is 24.4 Å². The maximum Gasteiger partial charge on any atom is 0.264 e. The first-order valence-corrected chi connectivity index (χ1v) is 10.4. The van der Waals surface area contributed by atoms with Gasteiger partial charge in [-0.2, -0.15) is 5.10 Å². The molecule has 2 aromatic heterocycles. The number of carbonyl (C=O) groups excluding carboxylic acids is 1. The van der Waals surface area contributed by atoms with E-state index < -0.39 is 11.6 Å². The number of rotatable bonds is 5. The summed E-state index contributed by atoms with van der Waals surface area (Å²) in [6, 6.07) is 5.07. The van der Waals surface area contributed by atoms with Crippen LogP contribution >= 0.6 is 11.6 Å². The average molecular weight is 460 g/mol. The predicted molar refractivity (Wildman–Crippen MR) is 116 cm³/mol. The number of hydrogen-bond donors (Lipinski definition) is 3. The molecule has 0 aliphatic carbocycles. The Hall–Kier alpha value is -3.17. The van der Waals surface area contributed by atoms with Gasteiger partial charge in [-0.3, -0.25) is 14.6 Å². The zero-order chi connectivity index (χ0) is 22.8. The number of carbonyl (C=O) groups is 1. The van der Waals surface area contributed by atoms with E-state index in [-0.39, 0.29) is 46.2 Å². The van der Waals surface area contributed by atoms with Crippen molar-refractivity contribution in [2.45, 2.75) is 38.3 Å². The van der Waals surface area contributed by atoms with Crippen molar-refractivity contribution in [3.8, 4) is 11.1 Å². The lowest BCUT2D eigenvalue weighted by atomic mass is 9.93. The molecule has 1 aliphatic heterocycles. The third-order valence-electron chi connectivity index (χ3n) is 5.35. The number of nitrogens with zero attached hydrogens (tertiary/aromatic N) is 2. The lowest BCUT2D eigenvalue weighted by Crippen LogP contribution is -2.40. The third-order valence-corrected chi connectivity index (χ3v) is 5.66. The van der Waals surface area contributed by atoms with Crippen LogP contribution in [0.2, 0.25) is 5.02 Å². The molecule has 0 spiro atoms. The number of aromatic nitrogens is 3. The van der Waals surface area contributed by atoms with Crippen molar-refractivity contribution in [3.63, 3.8) is 0 Å². The largest absolute Gasteiger partial charge is 0.324 e. The molecule has 1 unspecified atom stereocenters. The van der Waals surface area contributed by atoms with Crippen molar-refractivity contribution in [1.82, 2.24) is 20.5 Å². The summed E-state index contributed by atoms with van der Waals surface area (Å²) in [5.41, 5.74) is 1.93. The zero-order valence-corrected chi connectivity index (χ0v) is 17.8. The summed E-state index contributed by atoms with van der Waals surface area (Å²) >= 11 is 6.23. The Kier molecular flexibility index (Phi) is 6.29. The first kappa shape index (κ1) is 22.0. The molecule has 7 nitrogen and oxygen atoms in total. The number of nitrogens with one attached hydrogen (secondary N) is 3. The molecule has 1 aliphatic rings. The highest BCUT2D eigenvalue weighted by atomic mass is 35.5. The van der Waals surface area contributed by atoms with Gasteiger partial charge in [0.1, 0.15) is 11.6 Å². The van der Waals surface area contributed by atoms with Gasteiger partial charge in [-0.05, 0) is 43.5 Å². The summed E-state index contributed by atoms with van der Waals surface area (Å²) in [4.78, 5) is 27.7. The van der Waals surface area contributed by atoms with Gasteiger partial charge in [0.05, 0.1) is 22.6 Å². The molecule has 0 saturated carbocycles. The maximum atomic E-state index is 14.6. The monoisotopic (exact) mass is 459 g/mol. The molecule has 1 amide bonds. The molecule has 4 rings (SSSR count). The smallest absolute Gasteiger partial charge is 0.264 e. The highest BCUT2D eigenvalue weighted by molar-refractivity contribution is 6.33.